The lowest BCUT2D eigenvalue weighted by molar-refractivity contribution is -0.130. The normalized spacial score (nSPS) is 15.0. The second-order valence-electron chi connectivity index (χ2n) is 7.61. The van der Waals surface area contributed by atoms with Gasteiger partial charge in [-0.1, -0.05) is 0 Å². The van der Waals surface area contributed by atoms with Gasteiger partial charge in [0.1, 0.15) is 15.5 Å². The molecule has 0 fully saturated rings. The van der Waals surface area contributed by atoms with Crippen molar-refractivity contribution in [1.82, 2.24) is 14.9 Å². The van der Waals surface area contributed by atoms with Crippen LogP contribution in [0.3, 0.4) is 0 Å². The molecule has 0 bridgehead atoms. The molecule has 8 heteroatoms. The van der Waals surface area contributed by atoms with Gasteiger partial charge in [-0.05, 0) is 46.6 Å². The van der Waals surface area contributed by atoms with E-state index in [0.29, 0.717) is 27.2 Å². The average molecular weight is 377 g/mol. The standard InChI is InChI=1S/C18H23N3O4S/c1-9-12-15(19-11-7-6-8-21(11)16(12)23)26-13(9)17(24)25-10(2)14(22)20-18(3,4)5/h10H,6-8H2,1-5H3,(H,20,22)/t10-/m0/s1. The van der Waals surface area contributed by atoms with Gasteiger partial charge in [-0.2, -0.15) is 0 Å². The van der Waals surface area contributed by atoms with Gasteiger partial charge in [-0.15, -0.1) is 11.3 Å². The molecule has 2 aromatic heterocycles. The van der Waals surface area contributed by atoms with Crippen molar-refractivity contribution in [2.45, 2.75) is 65.6 Å². The summed E-state index contributed by atoms with van der Waals surface area (Å²) in [7, 11) is 0. The first-order valence-electron chi connectivity index (χ1n) is 8.64. The number of nitrogens with one attached hydrogen (secondary N) is 1. The van der Waals surface area contributed by atoms with E-state index in [1.165, 1.54) is 6.92 Å². The Morgan fingerprint density at radius 3 is 2.69 bits per heavy atom. The SMILES string of the molecule is Cc1c(C(=O)O[C@@H](C)C(=O)NC(C)(C)C)sc2nc3n(c(=O)c12)CCC3. The van der Waals surface area contributed by atoms with Crippen molar-refractivity contribution in [3.63, 3.8) is 0 Å². The third-order valence-electron chi connectivity index (χ3n) is 4.25. The number of carbonyl (C=O) groups is 2. The molecule has 1 aliphatic heterocycles. The summed E-state index contributed by atoms with van der Waals surface area (Å²) in [5.41, 5.74) is 0.0525. The number of amides is 1. The molecule has 0 aromatic carbocycles. The minimum absolute atomic E-state index is 0.103. The van der Waals surface area contributed by atoms with Crippen LogP contribution in [0.5, 0.6) is 0 Å². The lowest BCUT2D eigenvalue weighted by Gasteiger charge is -2.23. The van der Waals surface area contributed by atoms with Crippen molar-refractivity contribution < 1.29 is 14.3 Å². The summed E-state index contributed by atoms with van der Waals surface area (Å²) in [6, 6.07) is 0. The van der Waals surface area contributed by atoms with Gasteiger partial charge in [0.05, 0.1) is 5.39 Å². The van der Waals surface area contributed by atoms with Crippen molar-refractivity contribution in [3.05, 3.63) is 26.6 Å². The number of carbonyl (C=O) groups excluding carboxylic acids is 2. The summed E-state index contributed by atoms with van der Waals surface area (Å²) in [6.07, 6.45) is 0.755. The van der Waals surface area contributed by atoms with Crippen LogP contribution in [-0.2, 0) is 22.5 Å². The van der Waals surface area contributed by atoms with Crippen molar-refractivity contribution in [2.24, 2.45) is 0 Å². The average Bonchev–Trinajstić information content (AvgIpc) is 3.10. The molecule has 140 valence electrons. The Balaban J connectivity index is 1.88. The van der Waals surface area contributed by atoms with E-state index < -0.39 is 17.6 Å². The fourth-order valence-corrected chi connectivity index (χ4v) is 4.08. The Labute approximate surface area is 155 Å². The molecule has 0 saturated carbocycles. The van der Waals surface area contributed by atoms with Crippen LogP contribution >= 0.6 is 11.3 Å². The number of ether oxygens (including phenoxy) is 1. The second kappa shape index (κ2) is 6.50. The first-order valence-corrected chi connectivity index (χ1v) is 9.46. The Hall–Kier alpha value is -2.22. The first-order chi connectivity index (χ1) is 12.1. The molecule has 1 amide bonds. The van der Waals surface area contributed by atoms with Crippen LogP contribution in [0.25, 0.3) is 10.2 Å². The molecular formula is C18H23N3O4S. The zero-order chi connectivity index (χ0) is 19.2. The van der Waals surface area contributed by atoms with Crippen LogP contribution < -0.4 is 10.9 Å². The predicted octanol–water partition coefficient (Wildman–Crippen LogP) is 2.17. The molecule has 26 heavy (non-hydrogen) atoms. The summed E-state index contributed by atoms with van der Waals surface area (Å²) in [5, 5.41) is 3.25. The number of hydrogen-bond donors (Lipinski definition) is 1. The van der Waals surface area contributed by atoms with Crippen LogP contribution in [0.4, 0.5) is 0 Å². The highest BCUT2D eigenvalue weighted by Gasteiger charge is 2.27. The molecule has 3 rings (SSSR count). The van der Waals surface area contributed by atoms with E-state index in [0.717, 1.165) is 30.0 Å². The topological polar surface area (TPSA) is 90.3 Å². The Morgan fingerprint density at radius 2 is 2.04 bits per heavy atom. The molecule has 1 aliphatic rings. The second-order valence-corrected chi connectivity index (χ2v) is 8.61. The number of thiophene rings is 1. The summed E-state index contributed by atoms with van der Waals surface area (Å²) >= 11 is 1.15. The van der Waals surface area contributed by atoms with Crippen molar-refractivity contribution in [2.75, 3.05) is 0 Å². The summed E-state index contributed by atoms with van der Waals surface area (Å²) in [6.45, 7) is 9.48. The maximum absolute atomic E-state index is 12.7. The van der Waals surface area contributed by atoms with Crippen LogP contribution in [0.2, 0.25) is 0 Å². The Bertz CT molecular complexity index is 952. The van der Waals surface area contributed by atoms with Gasteiger partial charge in [0.2, 0.25) is 0 Å². The highest BCUT2D eigenvalue weighted by molar-refractivity contribution is 7.20. The molecule has 0 saturated heterocycles. The van der Waals surface area contributed by atoms with E-state index in [2.05, 4.69) is 10.3 Å². The fourth-order valence-electron chi connectivity index (χ4n) is 3.01. The minimum atomic E-state index is -0.926. The highest BCUT2D eigenvalue weighted by atomic mass is 32.1. The quantitative estimate of drug-likeness (QED) is 0.828. The van der Waals surface area contributed by atoms with Crippen LogP contribution in [0, 0.1) is 6.92 Å². The van der Waals surface area contributed by atoms with Crippen molar-refractivity contribution in [1.29, 1.82) is 0 Å². The molecule has 7 nitrogen and oxygen atoms in total. The fraction of sp³-hybridized carbons (Fsp3) is 0.556. The summed E-state index contributed by atoms with van der Waals surface area (Å²) < 4.78 is 7.00. The summed E-state index contributed by atoms with van der Waals surface area (Å²) in [5.74, 6) is -0.199. The van der Waals surface area contributed by atoms with Gasteiger partial charge in [-0.25, -0.2) is 9.78 Å². The molecular weight excluding hydrogens is 354 g/mol. The first kappa shape index (κ1) is 18.6. The van der Waals surface area contributed by atoms with Gasteiger partial charge in [0, 0.05) is 18.5 Å². The van der Waals surface area contributed by atoms with E-state index >= 15 is 0 Å². The number of aromatic nitrogens is 2. The van der Waals surface area contributed by atoms with Crippen molar-refractivity contribution >= 4 is 33.4 Å². The lowest BCUT2D eigenvalue weighted by atomic mass is 10.1. The third-order valence-corrected chi connectivity index (χ3v) is 5.41. The van der Waals surface area contributed by atoms with Gasteiger partial charge < -0.3 is 10.1 Å². The number of fused-ring (bicyclic) bond motifs is 2. The molecule has 1 N–H and O–H groups in total. The number of nitrogens with zero attached hydrogens (tertiary/aromatic N) is 2. The largest absolute Gasteiger partial charge is 0.448 e. The Kier molecular flexibility index (Phi) is 4.64. The van der Waals surface area contributed by atoms with Gasteiger partial charge >= 0.3 is 5.97 Å². The van der Waals surface area contributed by atoms with Gasteiger partial charge in [-0.3, -0.25) is 14.2 Å². The zero-order valence-corrected chi connectivity index (χ0v) is 16.5. The molecule has 0 spiro atoms. The zero-order valence-electron chi connectivity index (χ0n) is 15.6. The van der Waals surface area contributed by atoms with Crippen LogP contribution in [0.1, 0.15) is 55.2 Å². The van der Waals surface area contributed by atoms with Crippen LogP contribution in [0.15, 0.2) is 4.79 Å². The van der Waals surface area contributed by atoms with E-state index in [-0.39, 0.29) is 11.5 Å². The Morgan fingerprint density at radius 1 is 1.35 bits per heavy atom. The third kappa shape index (κ3) is 3.38. The molecule has 0 unspecified atom stereocenters. The van der Waals surface area contributed by atoms with Gasteiger partial charge in [0.15, 0.2) is 6.10 Å². The van der Waals surface area contributed by atoms with Crippen molar-refractivity contribution in [3.8, 4) is 0 Å². The van der Waals surface area contributed by atoms with E-state index in [9.17, 15) is 14.4 Å². The monoisotopic (exact) mass is 377 g/mol. The van der Waals surface area contributed by atoms with E-state index in [1.54, 1.807) is 11.5 Å². The van der Waals surface area contributed by atoms with E-state index in [4.69, 9.17) is 4.74 Å². The van der Waals surface area contributed by atoms with E-state index in [1.807, 2.05) is 20.8 Å². The molecule has 2 aromatic rings. The van der Waals surface area contributed by atoms with Gasteiger partial charge in [0.25, 0.3) is 11.5 Å². The number of hydrogen-bond acceptors (Lipinski definition) is 6. The molecule has 3 heterocycles. The number of aryl methyl sites for hydroxylation is 2. The number of rotatable bonds is 3. The highest BCUT2D eigenvalue weighted by Crippen LogP contribution is 2.29. The predicted molar refractivity (Wildman–Crippen MR) is 99.7 cm³/mol. The lowest BCUT2D eigenvalue weighted by Crippen LogP contribution is -2.46. The van der Waals surface area contributed by atoms with Crippen LogP contribution in [-0.4, -0.2) is 33.1 Å². The minimum Gasteiger partial charge on any atom is -0.448 e. The molecule has 1 atom stereocenters. The maximum Gasteiger partial charge on any atom is 0.349 e. The number of esters is 1. The molecule has 0 aliphatic carbocycles. The molecule has 0 radical (unpaired) electrons. The smallest absolute Gasteiger partial charge is 0.349 e. The maximum atomic E-state index is 12.7. The summed E-state index contributed by atoms with van der Waals surface area (Å²) in [4.78, 5) is 42.8.